The minimum Gasteiger partial charge on any atom is -0.494 e. The van der Waals surface area contributed by atoms with Crippen LogP contribution in [0.2, 0.25) is 0 Å². The molecular weight excluding hydrogens is 468 g/mol. The molecule has 0 aliphatic carbocycles. The Balaban J connectivity index is 1.94. The van der Waals surface area contributed by atoms with E-state index in [0.717, 1.165) is 11.3 Å². The summed E-state index contributed by atoms with van der Waals surface area (Å²) in [4.78, 5) is 43.2. The third-order valence-electron chi connectivity index (χ3n) is 5.50. The van der Waals surface area contributed by atoms with Gasteiger partial charge in [0, 0.05) is 0 Å². The molecule has 0 amide bonds. The zero-order chi connectivity index (χ0) is 25.1. The van der Waals surface area contributed by atoms with Gasteiger partial charge in [-0.15, -0.1) is 0 Å². The fourth-order valence-corrected chi connectivity index (χ4v) is 5.02. The topological polar surface area (TPSA) is 107 Å². The zero-order valence-corrected chi connectivity index (χ0v) is 20.3. The number of rotatable bonds is 7. The van der Waals surface area contributed by atoms with Gasteiger partial charge >= 0.3 is 11.9 Å². The molecule has 0 unspecified atom stereocenters. The molecule has 180 valence electrons. The lowest BCUT2D eigenvalue weighted by Crippen LogP contribution is -2.39. The summed E-state index contributed by atoms with van der Waals surface area (Å²) in [6.07, 6.45) is 1.55. The van der Waals surface area contributed by atoms with Crippen molar-refractivity contribution in [2.45, 2.75) is 26.8 Å². The standard InChI is InChI=1S/C26H24N2O6S/c1-4-33-18-12-10-16(11-13-18)22-21(25(32)34-5-2)15(3)27-26-28(22)23(29)20(35-26)14-17-8-6-7-9-19(17)24(30)31/h6-14,22H,4-5H2,1-3H3,(H,30,31)/t22-/m0/s1. The van der Waals surface area contributed by atoms with E-state index in [9.17, 15) is 19.5 Å². The number of carbonyl (C=O) groups excluding carboxylic acids is 1. The molecule has 2 aromatic carbocycles. The van der Waals surface area contributed by atoms with Gasteiger partial charge in [-0.3, -0.25) is 9.36 Å². The number of carboxylic acid groups (broad SMARTS) is 1. The number of allylic oxidation sites excluding steroid dienone is 1. The number of aromatic nitrogens is 1. The highest BCUT2D eigenvalue weighted by atomic mass is 32.1. The Morgan fingerprint density at radius 1 is 1.11 bits per heavy atom. The first-order chi connectivity index (χ1) is 16.8. The summed E-state index contributed by atoms with van der Waals surface area (Å²) in [5.41, 5.74) is 1.56. The lowest BCUT2D eigenvalue weighted by Gasteiger charge is -2.24. The van der Waals surface area contributed by atoms with E-state index in [1.807, 2.05) is 19.1 Å². The number of ether oxygens (including phenoxy) is 2. The predicted octanol–water partition coefficient (Wildman–Crippen LogP) is 2.90. The average Bonchev–Trinajstić information content (AvgIpc) is 3.13. The molecule has 2 heterocycles. The van der Waals surface area contributed by atoms with Crippen molar-refractivity contribution in [1.82, 2.24) is 4.57 Å². The van der Waals surface area contributed by atoms with Gasteiger partial charge in [-0.05, 0) is 56.2 Å². The molecule has 9 heteroatoms. The molecule has 0 fully saturated rings. The van der Waals surface area contributed by atoms with Crippen LogP contribution in [0.25, 0.3) is 6.08 Å². The maximum Gasteiger partial charge on any atom is 0.338 e. The van der Waals surface area contributed by atoms with Crippen molar-refractivity contribution in [2.24, 2.45) is 4.99 Å². The molecule has 35 heavy (non-hydrogen) atoms. The quantitative estimate of drug-likeness (QED) is 0.509. The molecule has 3 aromatic rings. The van der Waals surface area contributed by atoms with Crippen LogP contribution in [0, 0.1) is 0 Å². The second kappa shape index (κ2) is 10.1. The van der Waals surface area contributed by atoms with Gasteiger partial charge in [0.15, 0.2) is 4.80 Å². The van der Waals surface area contributed by atoms with Crippen LogP contribution in [0.4, 0.5) is 0 Å². The fourth-order valence-electron chi connectivity index (χ4n) is 3.98. The second-order valence-corrected chi connectivity index (χ2v) is 8.71. The number of hydrogen-bond donors (Lipinski definition) is 1. The van der Waals surface area contributed by atoms with Crippen molar-refractivity contribution in [1.29, 1.82) is 0 Å². The Morgan fingerprint density at radius 2 is 1.83 bits per heavy atom. The van der Waals surface area contributed by atoms with Gasteiger partial charge in [0.05, 0.1) is 40.6 Å². The van der Waals surface area contributed by atoms with Crippen molar-refractivity contribution >= 4 is 29.4 Å². The smallest absolute Gasteiger partial charge is 0.338 e. The Morgan fingerprint density at radius 3 is 2.49 bits per heavy atom. The van der Waals surface area contributed by atoms with Crippen LogP contribution in [0.5, 0.6) is 5.75 Å². The third-order valence-corrected chi connectivity index (χ3v) is 6.48. The van der Waals surface area contributed by atoms with Crippen molar-refractivity contribution in [3.63, 3.8) is 0 Å². The van der Waals surface area contributed by atoms with E-state index >= 15 is 0 Å². The number of fused-ring (bicyclic) bond motifs is 1. The normalized spacial score (nSPS) is 15.4. The molecule has 1 aromatic heterocycles. The van der Waals surface area contributed by atoms with E-state index in [1.165, 1.54) is 10.6 Å². The van der Waals surface area contributed by atoms with Crippen LogP contribution >= 0.6 is 11.3 Å². The van der Waals surface area contributed by atoms with Crippen LogP contribution in [-0.2, 0) is 9.53 Å². The predicted molar refractivity (Wildman–Crippen MR) is 131 cm³/mol. The summed E-state index contributed by atoms with van der Waals surface area (Å²) in [5, 5.41) is 9.52. The first kappa shape index (κ1) is 24.2. The Hall–Kier alpha value is -3.98. The fraction of sp³-hybridized carbons (Fsp3) is 0.231. The van der Waals surface area contributed by atoms with Crippen molar-refractivity contribution in [3.05, 3.63) is 96.2 Å². The largest absolute Gasteiger partial charge is 0.494 e. The maximum absolute atomic E-state index is 13.6. The van der Waals surface area contributed by atoms with Gasteiger partial charge in [-0.1, -0.05) is 41.7 Å². The molecule has 4 rings (SSSR count). The van der Waals surface area contributed by atoms with E-state index in [-0.39, 0.29) is 23.3 Å². The third kappa shape index (κ3) is 4.67. The molecular formula is C26H24N2O6S. The number of esters is 1. The number of aromatic carboxylic acids is 1. The number of carboxylic acids is 1. The zero-order valence-electron chi connectivity index (χ0n) is 19.5. The van der Waals surface area contributed by atoms with Gasteiger partial charge < -0.3 is 14.6 Å². The van der Waals surface area contributed by atoms with Crippen LogP contribution < -0.4 is 19.6 Å². The van der Waals surface area contributed by atoms with E-state index < -0.39 is 18.0 Å². The summed E-state index contributed by atoms with van der Waals surface area (Å²) >= 11 is 1.14. The Labute approximate surface area is 205 Å². The molecule has 1 aliphatic rings. The van der Waals surface area contributed by atoms with E-state index in [4.69, 9.17) is 9.47 Å². The number of thiazole rings is 1. The van der Waals surface area contributed by atoms with Crippen molar-refractivity contribution in [3.8, 4) is 5.75 Å². The van der Waals surface area contributed by atoms with Crippen LogP contribution in [0.3, 0.4) is 0 Å². The molecule has 0 saturated carbocycles. The first-order valence-electron chi connectivity index (χ1n) is 11.1. The minimum atomic E-state index is -1.09. The summed E-state index contributed by atoms with van der Waals surface area (Å²) in [6.45, 7) is 6.01. The minimum absolute atomic E-state index is 0.0878. The van der Waals surface area contributed by atoms with Gasteiger partial charge in [-0.25, -0.2) is 14.6 Å². The molecule has 8 nitrogen and oxygen atoms in total. The summed E-state index contributed by atoms with van der Waals surface area (Å²) in [7, 11) is 0. The number of hydrogen-bond acceptors (Lipinski definition) is 7. The SMILES string of the molecule is CCOC(=O)C1=C(C)N=c2sc(=Cc3ccccc3C(=O)O)c(=O)n2[C@H]1c1ccc(OCC)cc1. The molecule has 1 N–H and O–H groups in total. The molecule has 0 radical (unpaired) electrons. The van der Waals surface area contributed by atoms with Crippen LogP contribution in [0.15, 0.2) is 69.6 Å². The van der Waals surface area contributed by atoms with Gasteiger partial charge in [0.2, 0.25) is 0 Å². The van der Waals surface area contributed by atoms with Gasteiger partial charge in [0.25, 0.3) is 5.56 Å². The van der Waals surface area contributed by atoms with Crippen LogP contribution in [0.1, 0.15) is 48.3 Å². The maximum atomic E-state index is 13.6. The lowest BCUT2D eigenvalue weighted by atomic mass is 9.96. The second-order valence-electron chi connectivity index (χ2n) is 7.70. The molecule has 0 bridgehead atoms. The van der Waals surface area contributed by atoms with Crippen molar-refractivity contribution in [2.75, 3.05) is 13.2 Å². The molecule has 0 saturated heterocycles. The van der Waals surface area contributed by atoms with Gasteiger partial charge in [-0.2, -0.15) is 0 Å². The van der Waals surface area contributed by atoms with Crippen molar-refractivity contribution < 1.29 is 24.2 Å². The Bertz CT molecular complexity index is 1500. The van der Waals surface area contributed by atoms with Crippen LogP contribution in [-0.4, -0.2) is 34.8 Å². The molecule has 1 atom stereocenters. The monoisotopic (exact) mass is 492 g/mol. The molecule has 1 aliphatic heterocycles. The summed E-state index contributed by atoms with van der Waals surface area (Å²) < 4.78 is 12.6. The average molecular weight is 493 g/mol. The highest BCUT2D eigenvalue weighted by Crippen LogP contribution is 2.31. The number of nitrogens with zero attached hydrogens (tertiary/aromatic N) is 2. The molecule has 0 spiro atoms. The number of carbonyl (C=O) groups is 2. The van der Waals surface area contributed by atoms with E-state index in [2.05, 4.69) is 4.99 Å². The lowest BCUT2D eigenvalue weighted by molar-refractivity contribution is -0.139. The van der Waals surface area contributed by atoms with Gasteiger partial charge in [0.1, 0.15) is 5.75 Å². The highest BCUT2D eigenvalue weighted by molar-refractivity contribution is 7.07. The van der Waals surface area contributed by atoms with E-state index in [0.29, 0.717) is 38.5 Å². The Kier molecular flexibility index (Phi) is 6.97. The number of benzene rings is 2. The summed E-state index contributed by atoms with van der Waals surface area (Å²) in [6, 6.07) is 12.9. The highest BCUT2D eigenvalue weighted by Gasteiger charge is 2.33. The first-order valence-corrected chi connectivity index (χ1v) is 11.9. The van der Waals surface area contributed by atoms with E-state index in [1.54, 1.807) is 50.3 Å². The summed E-state index contributed by atoms with van der Waals surface area (Å²) in [5.74, 6) is -0.956.